The van der Waals surface area contributed by atoms with Gasteiger partial charge in [-0.3, -0.25) is 19.7 Å². The van der Waals surface area contributed by atoms with Crippen LogP contribution in [-0.2, 0) is 16.1 Å². The highest BCUT2D eigenvalue weighted by atomic mass is 32.2. The Morgan fingerprint density at radius 2 is 2.41 bits per heavy atom. The van der Waals surface area contributed by atoms with Crippen molar-refractivity contribution in [2.45, 2.75) is 6.54 Å². The van der Waals surface area contributed by atoms with Gasteiger partial charge < -0.3 is 4.74 Å². The van der Waals surface area contributed by atoms with Crippen LogP contribution in [0.25, 0.3) is 0 Å². The van der Waals surface area contributed by atoms with Gasteiger partial charge in [-0.15, -0.1) is 16.9 Å². The van der Waals surface area contributed by atoms with Gasteiger partial charge in [0.05, 0.1) is 25.6 Å². The average Bonchev–Trinajstić information content (AvgIpc) is 2.82. The third-order valence-electron chi connectivity index (χ3n) is 1.81. The second kappa shape index (κ2) is 6.86. The molecule has 3 N–H and O–H groups in total. The van der Waals surface area contributed by atoms with Crippen LogP contribution in [0.2, 0.25) is 0 Å². The van der Waals surface area contributed by atoms with Gasteiger partial charge in [-0.2, -0.15) is 0 Å². The molecular formula is C8H13N5O3S. The summed E-state index contributed by atoms with van der Waals surface area (Å²) in [5.41, 5.74) is 2.12. The lowest BCUT2D eigenvalue weighted by Crippen LogP contribution is -2.30. The van der Waals surface area contributed by atoms with Crippen molar-refractivity contribution in [2.24, 2.45) is 5.84 Å². The lowest BCUT2D eigenvalue weighted by molar-refractivity contribution is -0.137. The summed E-state index contributed by atoms with van der Waals surface area (Å²) in [4.78, 5) is 21.9. The van der Waals surface area contributed by atoms with E-state index in [1.54, 1.807) is 0 Å². The zero-order valence-electron chi connectivity index (χ0n) is 9.25. The predicted molar refractivity (Wildman–Crippen MR) is 61.0 cm³/mol. The number of aryl methyl sites for hydroxylation is 1. The Kier molecular flexibility index (Phi) is 5.43. The van der Waals surface area contributed by atoms with Gasteiger partial charge in [0.1, 0.15) is 0 Å². The molecule has 0 radical (unpaired) electrons. The Balaban J connectivity index is 2.30. The summed E-state index contributed by atoms with van der Waals surface area (Å²) >= 11 is 1.42. The quantitative estimate of drug-likeness (QED) is 0.217. The van der Waals surface area contributed by atoms with Crippen molar-refractivity contribution in [1.29, 1.82) is 0 Å². The van der Waals surface area contributed by atoms with Crippen LogP contribution in [0.3, 0.4) is 0 Å². The van der Waals surface area contributed by atoms with Gasteiger partial charge in [0.25, 0.3) is 5.91 Å². The number of methoxy groups -OCH3 is 1. The second-order valence-corrected chi connectivity index (χ2v) is 4.07. The number of nitrogens with one attached hydrogen (secondary N) is 1. The van der Waals surface area contributed by atoms with Gasteiger partial charge in [-0.25, -0.2) is 5.84 Å². The van der Waals surface area contributed by atoms with E-state index in [9.17, 15) is 9.59 Å². The van der Waals surface area contributed by atoms with Crippen LogP contribution in [0.4, 0.5) is 0 Å². The van der Waals surface area contributed by atoms with E-state index < -0.39 is 5.91 Å². The molecule has 0 saturated carbocycles. The van der Waals surface area contributed by atoms with Gasteiger partial charge in [0.2, 0.25) is 0 Å². The maximum Gasteiger partial charge on any atom is 0.315 e. The monoisotopic (exact) mass is 259 g/mol. The zero-order valence-corrected chi connectivity index (χ0v) is 10.1. The molecule has 17 heavy (non-hydrogen) atoms. The Morgan fingerprint density at radius 3 is 3.06 bits per heavy atom. The molecule has 0 aliphatic heterocycles. The first-order valence-electron chi connectivity index (χ1n) is 4.73. The van der Waals surface area contributed by atoms with Crippen molar-refractivity contribution in [3.8, 4) is 0 Å². The molecule has 1 rings (SSSR count). The van der Waals surface area contributed by atoms with Crippen LogP contribution in [0.1, 0.15) is 10.5 Å². The van der Waals surface area contributed by atoms with E-state index in [1.807, 2.05) is 5.43 Å². The molecule has 1 amide bonds. The van der Waals surface area contributed by atoms with Crippen LogP contribution in [-0.4, -0.2) is 45.5 Å². The third kappa shape index (κ3) is 4.41. The van der Waals surface area contributed by atoms with Gasteiger partial charge in [-0.05, 0) is 0 Å². The van der Waals surface area contributed by atoms with Gasteiger partial charge in [0, 0.05) is 5.75 Å². The van der Waals surface area contributed by atoms with Crippen molar-refractivity contribution in [2.75, 3.05) is 18.6 Å². The SMILES string of the molecule is COC(=O)CSCCn1cc(C(=O)NN)nn1. The molecule has 0 aromatic carbocycles. The smallest absolute Gasteiger partial charge is 0.315 e. The number of nitrogen functional groups attached to an aromatic ring is 1. The fourth-order valence-electron chi connectivity index (χ4n) is 0.958. The first-order valence-corrected chi connectivity index (χ1v) is 5.88. The predicted octanol–water partition coefficient (Wildman–Crippen LogP) is -1.21. The van der Waals surface area contributed by atoms with Crippen molar-refractivity contribution in [3.63, 3.8) is 0 Å². The Bertz CT molecular complexity index is 394. The number of nitrogens with zero attached hydrogens (tertiary/aromatic N) is 3. The number of amides is 1. The fourth-order valence-corrected chi connectivity index (χ4v) is 1.70. The van der Waals surface area contributed by atoms with E-state index >= 15 is 0 Å². The van der Waals surface area contributed by atoms with Gasteiger partial charge in [-0.1, -0.05) is 5.21 Å². The Hall–Kier alpha value is -1.61. The summed E-state index contributed by atoms with van der Waals surface area (Å²) < 4.78 is 6.00. The number of ether oxygens (including phenoxy) is 1. The summed E-state index contributed by atoms with van der Waals surface area (Å²) in [5.74, 6) is 5.16. The maximum absolute atomic E-state index is 11.1. The van der Waals surface area contributed by atoms with Crippen molar-refractivity contribution < 1.29 is 14.3 Å². The highest BCUT2D eigenvalue weighted by molar-refractivity contribution is 7.99. The Morgan fingerprint density at radius 1 is 1.65 bits per heavy atom. The molecule has 0 fully saturated rings. The molecule has 0 unspecified atom stereocenters. The molecule has 8 nitrogen and oxygen atoms in total. The lowest BCUT2D eigenvalue weighted by atomic mass is 10.5. The highest BCUT2D eigenvalue weighted by Crippen LogP contribution is 2.02. The summed E-state index contributed by atoms with van der Waals surface area (Å²) in [7, 11) is 1.35. The van der Waals surface area contributed by atoms with E-state index in [0.717, 1.165) is 0 Å². The number of hydrogen-bond acceptors (Lipinski definition) is 7. The standard InChI is InChI=1S/C8H13N5O3S/c1-16-7(14)5-17-3-2-13-4-6(11-12-13)8(15)10-9/h4H,2-3,5,9H2,1H3,(H,10,15). The fraction of sp³-hybridized carbons (Fsp3) is 0.500. The molecule has 9 heteroatoms. The highest BCUT2D eigenvalue weighted by Gasteiger charge is 2.08. The molecule has 1 aromatic rings. The summed E-state index contributed by atoms with van der Waals surface area (Å²) in [6, 6.07) is 0. The minimum Gasteiger partial charge on any atom is -0.468 e. The maximum atomic E-state index is 11.1. The molecule has 0 spiro atoms. The van der Waals surface area contributed by atoms with Crippen molar-refractivity contribution >= 4 is 23.6 Å². The topological polar surface area (TPSA) is 112 Å². The van der Waals surface area contributed by atoms with E-state index in [1.165, 1.54) is 29.8 Å². The zero-order chi connectivity index (χ0) is 12.7. The number of carbonyl (C=O) groups excluding carboxylic acids is 2. The number of hydrogen-bond donors (Lipinski definition) is 2. The molecule has 0 atom stereocenters. The largest absolute Gasteiger partial charge is 0.468 e. The number of hydrazine groups is 1. The van der Waals surface area contributed by atoms with Crippen molar-refractivity contribution in [3.05, 3.63) is 11.9 Å². The molecule has 94 valence electrons. The molecule has 0 bridgehead atoms. The van der Waals surface area contributed by atoms with Gasteiger partial charge in [0.15, 0.2) is 5.69 Å². The second-order valence-electron chi connectivity index (χ2n) is 2.97. The number of thioether (sulfide) groups is 1. The number of rotatable bonds is 6. The van der Waals surface area contributed by atoms with E-state index in [-0.39, 0.29) is 11.7 Å². The molecule has 0 saturated heterocycles. The summed E-state index contributed by atoms with van der Waals surface area (Å²) in [6.45, 7) is 0.548. The average molecular weight is 259 g/mol. The first-order chi connectivity index (χ1) is 8.17. The van der Waals surface area contributed by atoms with E-state index in [2.05, 4.69) is 15.0 Å². The molecule has 1 aromatic heterocycles. The molecular weight excluding hydrogens is 246 g/mol. The normalized spacial score (nSPS) is 10.0. The van der Waals surface area contributed by atoms with E-state index in [4.69, 9.17) is 5.84 Å². The van der Waals surface area contributed by atoms with Gasteiger partial charge >= 0.3 is 5.97 Å². The minimum atomic E-state index is -0.488. The van der Waals surface area contributed by atoms with Crippen molar-refractivity contribution in [1.82, 2.24) is 20.4 Å². The minimum absolute atomic E-state index is 0.158. The number of nitrogens with two attached hydrogens (primary N) is 1. The van der Waals surface area contributed by atoms with Crippen LogP contribution in [0.15, 0.2) is 6.20 Å². The van der Waals surface area contributed by atoms with Crippen LogP contribution < -0.4 is 11.3 Å². The number of esters is 1. The summed E-state index contributed by atoms with van der Waals surface area (Å²) in [5, 5.41) is 7.38. The lowest BCUT2D eigenvalue weighted by Gasteiger charge is -2.00. The first kappa shape index (κ1) is 13.5. The molecule has 1 heterocycles. The third-order valence-corrected chi connectivity index (χ3v) is 2.73. The number of carbonyl (C=O) groups is 2. The van der Waals surface area contributed by atoms with Crippen LogP contribution in [0, 0.1) is 0 Å². The molecule has 0 aliphatic rings. The number of aromatic nitrogens is 3. The van der Waals surface area contributed by atoms with Crippen LogP contribution in [0.5, 0.6) is 0 Å². The van der Waals surface area contributed by atoms with Crippen LogP contribution >= 0.6 is 11.8 Å². The summed E-state index contributed by atoms with van der Waals surface area (Å²) in [6.07, 6.45) is 1.49. The van der Waals surface area contributed by atoms with E-state index in [0.29, 0.717) is 18.1 Å². The Labute approximate surface area is 102 Å². The molecule has 0 aliphatic carbocycles.